The Kier molecular flexibility index (Phi) is 7.62. The monoisotopic (exact) mass is 717 g/mol. The van der Waals surface area contributed by atoms with Gasteiger partial charge in [0.05, 0.1) is 21.7 Å². The SMILES string of the molecule is O=c1[nH]c2ccc(Nc3nc4nonc4nc3N/N=C/c3cc(Br)cc(Br)c3OCc3ccc(Cl)cc3Cl)cc2[nH]1. The Labute approximate surface area is 256 Å². The van der Waals surface area contributed by atoms with E-state index >= 15 is 0 Å². The molecule has 0 unspecified atom stereocenters. The van der Waals surface area contributed by atoms with Gasteiger partial charge in [-0.2, -0.15) is 10.1 Å². The summed E-state index contributed by atoms with van der Waals surface area (Å²) in [5.74, 6) is 1.09. The second-order valence-electron chi connectivity index (χ2n) is 8.50. The minimum absolute atomic E-state index is 0.188. The highest BCUT2D eigenvalue weighted by molar-refractivity contribution is 9.11. The average Bonchev–Trinajstić information content (AvgIpc) is 3.53. The summed E-state index contributed by atoms with van der Waals surface area (Å²) in [6.07, 6.45) is 1.57. The van der Waals surface area contributed by atoms with Gasteiger partial charge in [-0.3, -0.25) is 5.43 Å². The molecule has 0 radical (unpaired) electrons. The van der Waals surface area contributed by atoms with Gasteiger partial charge in [0.1, 0.15) is 12.4 Å². The van der Waals surface area contributed by atoms with Crippen LogP contribution in [0.1, 0.15) is 11.1 Å². The van der Waals surface area contributed by atoms with E-state index in [1.165, 1.54) is 0 Å². The molecular formula is C25H15Br2Cl2N9O3. The van der Waals surface area contributed by atoms with E-state index < -0.39 is 0 Å². The third-order valence-corrected chi connectivity index (χ3v) is 7.33. The van der Waals surface area contributed by atoms with Gasteiger partial charge in [0.2, 0.25) is 11.3 Å². The quantitative estimate of drug-likeness (QED) is 0.0982. The molecule has 41 heavy (non-hydrogen) atoms. The number of hydrazone groups is 1. The molecule has 12 nitrogen and oxygen atoms in total. The van der Waals surface area contributed by atoms with Crippen LogP contribution in [0.2, 0.25) is 10.0 Å². The van der Waals surface area contributed by atoms with Gasteiger partial charge in [0.15, 0.2) is 11.6 Å². The van der Waals surface area contributed by atoms with Gasteiger partial charge in [0.25, 0.3) is 0 Å². The minimum Gasteiger partial charge on any atom is -0.487 e. The lowest BCUT2D eigenvalue weighted by molar-refractivity contribution is 0.304. The summed E-state index contributed by atoms with van der Waals surface area (Å²) in [4.78, 5) is 25.9. The number of aromatic amines is 2. The van der Waals surface area contributed by atoms with Crippen LogP contribution >= 0.6 is 55.1 Å². The Bertz CT molecular complexity index is 2010. The van der Waals surface area contributed by atoms with E-state index in [0.29, 0.717) is 48.4 Å². The lowest BCUT2D eigenvalue weighted by Gasteiger charge is -2.13. The topological polar surface area (TPSA) is 159 Å². The Morgan fingerprint density at radius 2 is 1.76 bits per heavy atom. The van der Waals surface area contributed by atoms with E-state index in [4.69, 9.17) is 32.6 Å². The number of halogens is 4. The highest BCUT2D eigenvalue weighted by Gasteiger charge is 2.15. The predicted octanol–water partition coefficient (Wildman–Crippen LogP) is 6.78. The molecular weight excluding hydrogens is 705 g/mol. The highest BCUT2D eigenvalue weighted by atomic mass is 79.9. The van der Waals surface area contributed by atoms with E-state index in [9.17, 15) is 4.79 Å². The number of nitrogens with one attached hydrogen (secondary N) is 4. The fourth-order valence-electron chi connectivity index (χ4n) is 3.83. The smallest absolute Gasteiger partial charge is 0.323 e. The molecule has 0 saturated carbocycles. The first-order valence-electron chi connectivity index (χ1n) is 11.7. The number of aromatic nitrogens is 6. The number of hydrogen-bond acceptors (Lipinski definition) is 10. The zero-order valence-electron chi connectivity index (χ0n) is 20.4. The molecule has 0 aliphatic heterocycles. The first-order chi connectivity index (χ1) is 19.8. The number of benzene rings is 3. The summed E-state index contributed by atoms with van der Waals surface area (Å²) in [6.45, 7) is 0.205. The number of H-pyrrole nitrogens is 2. The molecule has 3 aromatic heterocycles. The van der Waals surface area contributed by atoms with Crippen molar-refractivity contribution >= 4 is 101 Å². The lowest BCUT2D eigenvalue weighted by atomic mass is 10.2. The first-order valence-corrected chi connectivity index (χ1v) is 14.0. The number of imidazole rings is 1. The maximum absolute atomic E-state index is 11.6. The van der Waals surface area contributed by atoms with E-state index in [-0.39, 0.29) is 29.4 Å². The summed E-state index contributed by atoms with van der Waals surface area (Å²) in [6, 6.07) is 14.2. The van der Waals surface area contributed by atoms with E-state index in [1.54, 1.807) is 42.6 Å². The van der Waals surface area contributed by atoms with Crippen LogP contribution in [0.3, 0.4) is 0 Å². The molecule has 0 aliphatic carbocycles. The summed E-state index contributed by atoms with van der Waals surface area (Å²) >= 11 is 19.4. The normalized spacial score (nSPS) is 11.5. The molecule has 16 heteroatoms. The molecule has 0 amide bonds. The Morgan fingerprint density at radius 3 is 2.56 bits per heavy atom. The second kappa shape index (κ2) is 11.5. The van der Waals surface area contributed by atoms with Crippen LogP contribution in [0.25, 0.3) is 22.3 Å². The van der Waals surface area contributed by atoms with Crippen LogP contribution in [-0.4, -0.2) is 36.5 Å². The zero-order chi connectivity index (χ0) is 28.5. The van der Waals surface area contributed by atoms with Gasteiger partial charge in [-0.05, 0) is 68.7 Å². The van der Waals surface area contributed by atoms with Crippen molar-refractivity contribution in [2.24, 2.45) is 5.10 Å². The van der Waals surface area contributed by atoms with Crippen molar-refractivity contribution in [1.82, 2.24) is 30.2 Å². The van der Waals surface area contributed by atoms with E-state index in [2.05, 4.69) is 78.0 Å². The van der Waals surface area contributed by atoms with Crippen LogP contribution in [0, 0.1) is 0 Å². The van der Waals surface area contributed by atoms with E-state index in [0.717, 1.165) is 10.0 Å². The van der Waals surface area contributed by atoms with Crippen molar-refractivity contribution in [3.8, 4) is 5.75 Å². The second-order valence-corrected chi connectivity index (χ2v) is 11.1. The Hall–Kier alpha value is -3.98. The number of rotatable bonds is 8. The Balaban J connectivity index is 1.27. The van der Waals surface area contributed by atoms with Gasteiger partial charge < -0.3 is 20.0 Å². The summed E-state index contributed by atoms with van der Waals surface area (Å²) in [7, 11) is 0. The molecule has 3 heterocycles. The standard InChI is InChI=1S/C25H15Br2Cl2N9O3/c26-13-5-12(20(16(27)6-13)40-10-11-1-2-14(28)7-17(11)29)9-30-36-22-21(34-23-24(35-22)38-41-37-23)31-15-3-4-18-19(8-15)33-25(39)32-18/h1-9H,10H2,(H,31,34,37)(H2,32,33,39)(H,35,36,38)/b30-9+. The number of fused-ring (bicyclic) bond motifs is 2. The predicted molar refractivity (Wildman–Crippen MR) is 163 cm³/mol. The fraction of sp³-hybridized carbons (Fsp3) is 0.0400. The van der Waals surface area contributed by atoms with Gasteiger partial charge in [0, 0.05) is 31.3 Å². The third kappa shape index (κ3) is 6.05. The molecule has 0 bridgehead atoms. The van der Waals surface area contributed by atoms with Crippen molar-refractivity contribution < 1.29 is 9.37 Å². The minimum atomic E-state index is -0.303. The molecule has 4 N–H and O–H groups in total. The van der Waals surface area contributed by atoms with Crippen LogP contribution < -0.4 is 21.2 Å². The zero-order valence-corrected chi connectivity index (χ0v) is 25.1. The van der Waals surface area contributed by atoms with Crippen molar-refractivity contribution in [1.29, 1.82) is 0 Å². The highest BCUT2D eigenvalue weighted by Crippen LogP contribution is 2.34. The molecule has 6 aromatic rings. The first kappa shape index (κ1) is 27.2. The summed E-state index contributed by atoms with van der Waals surface area (Å²) in [5, 5.41) is 16.1. The van der Waals surface area contributed by atoms with Gasteiger partial charge >= 0.3 is 5.69 Å². The van der Waals surface area contributed by atoms with Crippen molar-refractivity contribution in [3.63, 3.8) is 0 Å². The molecule has 3 aromatic carbocycles. The molecule has 0 spiro atoms. The third-order valence-electron chi connectivity index (χ3n) is 5.69. The Morgan fingerprint density at radius 1 is 0.976 bits per heavy atom. The van der Waals surface area contributed by atoms with Crippen LogP contribution in [0.15, 0.2) is 72.0 Å². The number of ether oxygens (including phenoxy) is 1. The number of hydrogen-bond donors (Lipinski definition) is 4. The number of nitrogens with zero attached hydrogens (tertiary/aromatic N) is 5. The molecule has 0 atom stereocenters. The van der Waals surface area contributed by atoms with Crippen LogP contribution in [0.4, 0.5) is 17.3 Å². The van der Waals surface area contributed by atoms with Crippen molar-refractivity contribution in [3.05, 3.63) is 89.1 Å². The van der Waals surface area contributed by atoms with Crippen LogP contribution in [0.5, 0.6) is 5.75 Å². The van der Waals surface area contributed by atoms with Gasteiger partial charge in [-0.25, -0.2) is 14.4 Å². The molecule has 6 rings (SSSR count). The lowest BCUT2D eigenvalue weighted by Crippen LogP contribution is -2.04. The van der Waals surface area contributed by atoms with Crippen LogP contribution in [-0.2, 0) is 6.61 Å². The van der Waals surface area contributed by atoms with Crippen molar-refractivity contribution in [2.45, 2.75) is 6.61 Å². The fourth-order valence-corrected chi connectivity index (χ4v) is 5.67. The summed E-state index contributed by atoms with van der Waals surface area (Å²) < 4.78 is 12.4. The molecule has 0 saturated heterocycles. The molecule has 0 fully saturated rings. The number of anilines is 3. The maximum Gasteiger partial charge on any atom is 0.323 e. The maximum atomic E-state index is 11.6. The van der Waals surface area contributed by atoms with Gasteiger partial charge in [-0.1, -0.05) is 45.2 Å². The van der Waals surface area contributed by atoms with Gasteiger partial charge in [-0.15, -0.1) is 0 Å². The average molecular weight is 720 g/mol. The largest absolute Gasteiger partial charge is 0.487 e. The summed E-state index contributed by atoms with van der Waals surface area (Å²) in [5.41, 5.74) is 6.33. The molecule has 206 valence electrons. The van der Waals surface area contributed by atoms with Crippen molar-refractivity contribution in [2.75, 3.05) is 10.7 Å². The van der Waals surface area contributed by atoms with E-state index in [1.807, 2.05) is 12.1 Å². The molecule has 0 aliphatic rings.